The van der Waals surface area contributed by atoms with Crippen LogP contribution in [0.4, 0.5) is 5.69 Å². The molecule has 0 fully saturated rings. The summed E-state index contributed by atoms with van der Waals surface area (Å²) in [5.41, 5.74) is -0.269. The Bertz CT molecular complexity index is 572. The Balaban J connectivity index is 3.41. The second-order valence-corrected chi connectivity index (χ2v) is 3.15. The molecule has 1 N–H and O–H groups in total. The zero-order valence-electron chi connectivity index (χ0n) is 9.28. The van der Waals surface area contributed by atoms with Crippen LogP contribution in [0, 0.1) is 21.4 Å². The first-order valence-corrected chi connectivity index (χ1v) is 4.67. The summed E-state index contributed by atoms with van der Waals surface area (Å²) < 4.78 is 4.91. The van der Waals surface area contributed by atoms with Crippen molar-refractivity contribution < 1.29 is 19.6 Å². The summed E-state index contributed by atoms with van der Waals surface area (Å²) in [5, 5.41) is 28.0. The van der Waals surface area contributed by atoms with Gasteiger partial charge in [-0.2, -0.15) is 5.26 Å². The van der Waals surface area contributed by atoms with Crippen molar-refractivity contribution in [3.63, 3.8) is 0 Å². The molecule has 1 aromatic rings. The zero-order chi connectivity index (χ0) is 13.7. The molecule has 7 heteroatoms. The lowest BCUT2D eigenvalue weighted by atomic mass is 10.1. The Hall–Kier alpha value is -2.88. The zero-order valence-corrected chi connectivity index (χ0v) is 9.28. The van der Waals surface area contributed by atoms with Crippen molar-refractivity contribution in [3.05, 3.63) is 39.4 Å². The van der Waals surface area contributed by atoms with Crippen LogP contribution < -0.4 is 4.74 Å². The smallest absolute Gasteiger partial charge is 0.328 e. The molecule has 0 atom stereocenters. The van der Waals surface area contributed by atoms with Gasteiger partial charge < -0.3 is 9.84 Å². The molecular formula is C11H8N2O5. The molecule has 92 valence electrons. The number of hydrogen-bond acceptors (Lipinski definition) is 5. The van der Waals surface area contributed by atoms with E-state index in [2.05, 4.69) is 0 Å². The number of aliphatic carboxylic acids is 1. The van der Waals surface area contributed by atoms with Gasteiger partial charge in [-0.25, -0.2) is 4.79 Å². The van der Waals surface area contributed by atoms with Gasteiger partial charge in [-0.3, -0.25) is 10.1 Å². The van der Waals surface area contributed by atoms with Gasteiger partial charge in [0.2, 0.25) is 0 Å². The van der Waals surface area contributed by atoms with Crippen molar-refractivity contribution in [2.24, 2.45) is 0 Å². The fourth-order valence-corrected chi connectivity index (χ4v) is 1.29. The van der Waals surface area contributed by atoms with Gasteiger partial charge >= 0.3 is 5.97 Å². The second-order valence-electron chi connectivity index (χ2n) is 3.15. The molecule has 0 aliphatic rings. The maximum absolute atomic E-state index is 10.7. The maximum atomic E-state index is 10.7. The molecule has 0 radical (unpaired) electrons. The number of hydrogen-bond donors (Lipinski definition) is 1. The molecule has 18 heavy (non-hydrogen) atoms. The molecule has 0 aromatic heterocycles. The number of nitro benzene ring substituents is 1. The monoisotopic (exact) mass is 248 g/mol. The first-order chi connectivity index (χ1) is 8.49. The van der Waals surface area contributed by atoms with E-state index < -0.39 is 10.9 Å². The average Bonchev–Trinajstić information content (AvgIpc) is 2.34. The first kappa shape index (κ1) is 13.2. The largest absolute Gasteiger partial charge is 0.496 e. The van der Waals surface area contributed by atoms with E-state index in [0.29, 0.717) is 0 Å². The third kappa shape index (κ3) is 2.82. The van der Waals surface area contributed by atoms with E-state index in [1.165, 1.54) is 19.3 Å². The summed E-state index contributed by atoms with van der Waals surface area (Å²) in [6.45, 7) is 0. The van der Waals surface area contributed by atoms with Crippen molar-refractivity contribution in [3.8, 4) is 11.8 Å². The number of nitriles is 1. The second kappa shape index (κ2) is 5.45. The number of ether oxygens (including phenoxy) is 1. The number of benzene rings is 1. The van der Waals surface area contributed by atoms with E-state index >= 15 is 0 Å². The number of rotatable bonds is 4. The highest BCUT2D eigenvalue weighted by Crippen LogP contribution is 2.29. The van der Waals surface area contributed by atoms with Gasteiger partial charge in [-0.1, -0.05) is 0 Å². The van der Waals surface area contributed by atoms with Crippen LogP contribution in [-0.4, -0.2) is 23.1 Å². The fraction of sp³-hybridized carbons (Fsp3) is 0.0909. The summed E-state index contributed by atoms with van der Waals surface area (Å²) >= 11 is 0. The molecule has 1 rings (SSSR count). The Morgan fingerprint density at radius 2 is 2.28 bits per heavy atom. The van der Waals surface area contributed by atoms with E-state index in [1.54, 1.807) is 6.07 Å². The number of nitro groups is 1. The van der Waals surface area contributed by atoms with Crippen LogP contribution >= 0.6 is 0 Å². The molecule has 7 nitrogen and oxygen atoms in total. The summed E-state index contributed by atoms with van der Waals surface area (Å²) in [7, 11) is 1.29. The first-order valence-electron chi connectivity index (χ1n) is 4.67. The molecule has 0 unspecified atom stereocenters. The minimum Gasteiger partial charge on any atom is -0.496 e. The molecule has 0 saturated heterocycles. The van der Waals surface area contributed by atoms with Gasteiger partial charge in [0.05, 0.1) is 18.1 Å². The number of carboxylic acid groups (broad SMARTS) is 1. The molecule has 0 heterocycles. The third-order valence-corrected chi connectivity index (χ3v) is 2.07. The van der Waals surface area contributed by atoms with E-state index in [9.17, 15) is 14.9 Å². The van der Waals surface area contributed by atoms with Gasteiger partial charge in [0, 0.05) is 11.6 Å². The Morgan fingerprint density at radius 1 is 1.61 bits per heavy atom. The fourth-order valence-electron chi connectivity index (χ4n) is 1.29. The standard InChI is InChI=1S/C11H8N2O5/c1-18-10-5-9(13(16)17)8(6-12)4-7(10)2-3-11(14)15/h2-5H,1H3,(H,14,15)/b3-2+. The highest BCUT2D eigenvalue weighted by atomic mass is 16.6. The Morgan fingerprint density at radius 3 is 2.72 bits per heavy atom. The minimum absolute atomic E-state index is 0.123. The number of carbonyl (C=O) groups is 1. The maximum Gasteiger partial charge on any atom is 0.328 e. The van der Waals surface area contributed by atoms with Crippen molar-refractivity contribution >= 4 is 17.7 Å². The molecule has 0 bridgehead atoms. The number of carboxylic acids is 1. The van der Waals surface area contributed by atoms with Gasteiger partial charge in [-0.05, 0) is 12.1 Å². The van der Waals surface area contributed by atoms with Crippen molar-refractivity contribution in [2.75, 3.05) is 7.11 Å². The minimum atomic E-state index is -1.17. The van der Waals surface area contributed by atoms with Crippen LogP contribution in [0.25, 0.3) is 6.08 Å². The van der Waals surface area contributed by atoms with Crippen LogP contribution in [0.2, 0.25) is 0 Å². The molecule has 0 aliphatic heterocycles. The molecule has 1 aromatic carbocycles. The highest BCUT2D eigenvalue weighted by molar-refractivity contribution is 5.86. The van der Waals surface area contributed by atoms with Crippen molar-refractivity contribution in [1.29, 1.82) is 5.26 Å². The van der Waals surface area contributed by atoms with Crippen molar-refractivity contribution in [2.45, 2.75) is 0 Å². The molecule has 0 saturated carbocycles. The topological polar surface area (TPSA) is 113 Å². The lowest BCUT2D eigenvalue weighted by molar-refractivity contribution is -0.385. The number of nitrogens with zero attached hydrogens (tertiary/aromatic N) is 2. The van der Waals surface area contributed by atoms with Gasteiger partial charge in [0.15, 0.2) is 0 Å². The van der Waals surface area contributed by atoms with Crippen molar-refractivity contribution in [1.82, 2.24) is 0 Å². The molecular weight excluding hydrogens is 240 g/mol. The summed E-state index contributed by atoms with van der Waals surface area (Å²) in [4.78, 5) is 20.4. The van der Waals surface area contributed by atoms with Gasteiger partial charge in [0.1, 0.15) is 17.4 Å². The van der Waals surface area contributed by atoms with E-state index in [4.69, 9.17) is 15.1 Å². The Labute approximate surface area is 102 Å². The summed E-state index contributed by atoms with van der Waals surface area (Å²) in [5.74, 6) is -1.05. The lowest BCUT2D eigenvalue weighted by Gasteiger charge is -2.05. The average molecular weight is 248 g/mol. The summed E-state index contributed by atoms with van der Waals surface area (Å²) in [6.07, 6.45) is 2.05. The van der Waals surface area contributed by atoms with E-state index in [-0.39, 0.29) is 22.6 Å². The van der Waals surface area contributed by atoms with Crippen LogP contribution in [0.5, 0.6) is 5.75 Å². The lowest BCUT2D eigenvalue weighted by Crippen LogP contribution is -1.96. The summed E-state index contributed by atoms with van der Waals surface area (Å²) in [6, 6.07) is 3.97. The van der Waals surface area contributed by atoms with Crippen LogP contribution in [0.15, 0.2) is 18.2 Å². The predicted molar refractivity (Wildman–Crippen MR) is 61.0 cm³/mol. The normalized spacial score (nSPS) is 10.0. The Kier molecular flexibility index (Phi) is 3.99. The number of methoxy groups -OCH3 is 1. The van der Waals surface area contributed by atoms with Gasteiger partial charge in [0.25, 0.3) is 5.69 Å². The molecule has 0 aliphatic carbocycles. The van der Waals surface area contributed by atoms with E-state index in [0.717, 1.165) is 12.1 Å². The van der Waals surface area contributed by atoms with E-state index in [1.807, 2.05) is 0 Å². The van der Waals surface area contributed by atoms with Crippen LogP contribution in [-0.2, 0) is 4.79 Å². The quantitative estimate of drug-likeness (QED) is 0.491. The predicted octanol–water partition coefficient (Wildman–Crippen LogP) is 1.57. The molecule has 0 spiro atoms. The molecule has 0 amide bonds. The third-order valence-electron chi connectivity index (χ3n) is 2.07. The van der Waals surface area contributed by atoms with Crippen LogP contribution in [0.3, 0.4) is 0 Å². The highest BCUT2D eigenvalue weighted by Gasteiger charge is 2.17. The SMILES string of the molecule is COc1cc([N+](=O)[O-])c(C#N)cc1/C=C/C(=O)O. The van der Waals surface area contributed by atoms with Gasteiger partial charge in [-0.15, -0.1) is 0 Å². The van der Waals surface area contributed by atoms with Crippen LogP contribution in [0.1, 0.15) is 11.1 Å².